The van der Waals surface area contributed by atoms with Crippen LogP contribution in [0.1, 0.15) is 0 Å². The molecule has 3 heterocycles. The van der Waals surface area contributed by atoms with E-state index in [1.54, 1.807) is 30.6 Å². The third kappa shape index (κ3) is 7.14. The zero-order chi connectivity index (χ0) is 26.6. The third-order valence-electron chi connectivity index (χ3n) is 4.04. The van der Waals surface area contributed by atoms with Gasteiger partial charge in [-0.05, 0) is 30.3 Å². The average molecular weight is 533 g/mol. The smallest absolute Gasteiger partial charge is 0.406 e. The van der Waals surface area contributed by atoms with Gasteiger partial charge in [0.25, 0.3) is 10.0 Å². The summed E-state index contributed by atoms with van der Waals surface area (Å²) in [6.07, 6.45) is -6.06. The van der Waals surface area contributed by atoms with Crippen molar-refractivity contribution in [3.8, 4) is 17.0 Å². The van der Waals surface area contributed by atoms with Crippen LogP contribution >= 0.6 is 0 Å². The van der Waals surface area contributed by atoms with Crippen LogP contribution in [-0.4, -0.2) is 46.8 Å². The number of aromatic nitrogens is 4. The quantitative estimate of drug-likeness (QED) is 0.301. The van der Waals surface area contributed by atoms with Crippen LogP contribution in [0.3, 0.4) is 0 Å². The summed E-state index contributed by atoms with van der Waals surface area (Å²) in [5.41, 5.74) is 1.58. The maximum atomic E-state index is 12.7. The van der Waals surface area contributed by atoms with Gasteiger partial charge >= 0.3 is 12.5 Å². The molecule has 4 rings (SSSR count). The van der Waals surface area contributed by atoms with Gasteiger partial charge in [-0.25, -0.2) is 13.4 Å². The number of carbonyl (C=O) groups is 1. The van der Waals surface area contributed by atoms with Crippen molar-refractivity contribution in [2.75, 3.05) is 4.72 Å². The molecule has 0 amide bonds. The summed E-state index contributed by atoms with van der Waals surface area (Å²) in [5, 5.41) is 4.34. The maximum Gasteiger partial charge on any atom is 0.573 e. The van der Waals surface area contributed by atoms with Gasteiger partial charge in [0, 0.05) is 36.3 Å². The topological polar surface area (TPSA) is 116 Å². The van der Waals surface area contributed by atoms with Crippen LogP contribution < -0.4 is 9.46 Å². The van der Waals surface area contributed by atoms with Crippen molar-refractivity contribution in [2.45, 2.75) is 17.4 Å². The summed E-state index contributed by atoms with van der Waals surface area (Å²) >= 11 is 0. The number of nitrogens with zero attached hydrogens (tertiary/aromatic N) is 4. The molecule has 3 aromatic heterocycles. The molecule has 0 fully saturated rings. The van der Waals surface area contributed by atoms with E-state index >= 15 is 0 Å². The highest BCUT2D eigenvalue weighted by molar-refractivity contribution is 7.92. The average Bonchev–Trinajstić information content (AvgIpc) is 3.24. The van der Waals surface area contributed by atoms with E-state index < -0.39 is 39.5 Å². The molecular weight excluding hydrogens is 520 g/mol. The van der Waals surface area contributed by atoms with Gasteiger partial charge in [0.15, 0.2) is 5.65 Å². The Hall–Kier alpha value is -4.21. The minimum atomic E-state index is -4.94. The van der Waals surface area contributed by atoms with Crippen molar-refractivity contribution < 1.29 is 44.3 Å². The van der Waals surface area contributed by atoms with E-state index in [0.29, 0.717) is 16.9 Å². The minimum absolute atomic E-state index is 0.0530. The van der Waals surface area contributed by atoms with Gasteiger partial charge in [-0.1, -0.05) is 6.07 Å². The van der Waals surface area contributed by atoms with E-state index in [0.717, 1.165) is 24.3 Å². The van der Waals surface area contributed by atoms with Crippen molar-refractivity contribution in [3.63, 3.8) is 0 Å². The first kappa shape index (κ1) is 26.4. The summed E-state index contributed by atoms with van der Waals surface area (Å²) in [6, 6.07) is 10.6. The first-order valence-electron chi connectivity index (χ1n) is 9.44. The summed E-state index contributed by atoms with van der Waals surface area (Å²) in [6.45, 7) is 0. The molecule has 1 N–H and O–H groups in total. The van der Waals surface area contributed by atoms with E-state index in [-0.39, 0.29) is 5.82 Å². The monoisotopic (exact) mass is 533 g/mol. The van der Waals surface area contributed by atoms with E-state index in [2.05, 4.69) is 24.5 Å². The molecule has 0 spiro atoms. The molecular formula is C20H13F6N5O4S. The predicted molar refractivity (Wildman–Crippen MR) is 112 cm³/mol. The molecule has 16 heteroatoms. The summed E-state index contributed by atoms with van der Waals surface area (Å²) < 4.78 is 101. The highest BCUT2D eigenvalue weighted by Gasteiger charge is 2.31. The second-order valence-corrected chi connectivity index (χ2v) is 8.34. The number of rotatable bonds is 5. The lowest BCUT2D eigenvalue weighted by molar-refractivity contribution is -0.274. The number of nitrogens with one attached hydrogen (secondary N) is 1. The highest BCUT2D eigenvalue weighted by atomic mass is 32.2. The second-order valence-electron chi connectivity index (χ2n) is 6.66. The first-order valence-corrected chi connectivity index (χ1v) is 10.9. The summed E-state index contributed by atoms with van der Waals surface area (Å²) in [5.74, 6) is -0.597. The number of halogens is 6. The standard InChI is InChI=1S/C18H12F3N5O3S.C2HF3O/c19-18(20,21)29-13-4-1-5-14(9-13)30(27,28)25-16-6-8-23-17-10-15(24-26(16)17)12-3-2-7-22-11-12;3-2(4,5)1-6/h1-11,25H;1H. The Morgan fingerprint density at radius 2 is 1.69 bits per heavy atom. The Morgan fingerprint density at radius 3 is 2.31 bits per heavy atom. The van der Waals surface area contributed by atoms with Crippen LogP contribution in [-0.2, 0) is 14.8 Å². The molecule has 1 aromatic carbocycles. The molecule has 0 aliphatic carbocycles. The van der Waals surface area contributed by atoms with Crippen LogP contribution in [0.15, 0.2) is 72.0 Å². The van der Waals surface area contributed by atoms with Gasteiger partial charge in [-0.2, -0.15) is 22.8 Å². The van der Waals surface area contributed by atoms with E-state index in [1.165, 1.54) is 16.8 Å². The van der Waals surface area contributed by atoms with Crippen LogP contribution in [0, 0.1) is 0 Å². The van der Waals surface area contributed by atoms with Crippen LogP contribution in [0.4, 0.5) is 32.2 Å². The lowest BCUT2D eigenvalue weighted by atomic mass is 10.2. The number of anilines is 1. The number of hydrogen-bond acceptors (Lipinski definition) is 7. The molecule has 0 saturated carbocycles. The first-order chi connectivity index (χ1) is 16.8. The molecule has 0 bridgehead atoms. The zero-order valence-electron chi connectivity index (χ0n) is 17.5. The fraction of sp³-hybridized carbons (Fsp3) is 0.100. The van der Waals surface area contributed by atoms with Gasteiger partial charge in [0.1, 0.15) is 11.6 Å². The predicted octanol–water partition coefficient (Wildman–Crippen LogP) is 4.24. The summed E-state index contributed by atoms with van der Waals surface area (Å²) in [4.78, 5) is 16.5. The Kier molecular flexibility index (Phi) is 7.47. The maximum absolute atomic E-state index is 12.7. The highest BCUT2D eigenvalue weighted by Crippen LogP contribution is 2.26. The molecule has 0 radical (unpaired) electrons. The number of ether oxygens (including phenoxy) is 1. The van der Waals surface area contributed by atoms with Crippen LogP contribution in [0.25, 0.3) is 16.9 Å². The fourth-order valence-corrected chi connectivity index (χ4v) is 3.74. The zero-order valence-corrected chi connectivity index (χ0v) is 18.3. The molecule has 0 saturated heterocycles. The van der Waals surface area contributed by atoms with Gasteiger partial charge in [0.05, 0.1) is 10.6 Å². The Morgan fingerprint density at radius 1 is 0.972 bits per heavy atom. The molecule has 0 atom stereocenters. The fourth-order valence-electron chi connectivity index (χ4n) is 2.66. The van der Waals surface area contributed by atoms with Crippen molar-refractivity contribution in [2.24, 2.45) is 0 Å². The van der Waals surface area contributed by atoms with E-state index in [1.807, 2.05) is 0 Å². The number of sulfonamides is 1. The van der Waals surface area contributed by atoms with Crippen molar-refractivity contribution >= 4 is 27.8 Å². The Bertz CT molecular complexity index is 1460. The number of pyridine rings is 1. The van der Waals surface area contributed by atoms with Crippen LogP contribution in [0.5, 0.6) is 5.75 Å². The number of hydrogen-bond donors (Lipinski definition) is 1. The lowest BCUT2D eigenvalue weighted by Gasteiger charge is -2.12. The number of alkyl halides is 6. The molecule has 36 heavy (non-hydrogen) atoms. The van der Waals surface area contributed by atoms with E-state index in [4.69, 9.17) is 4.79 Å². The number of aldehydes is 1. The molecule has 0 aliphatic rings. The molecule has 4 aromatic rings. The van der Waals surface area contributed by atoms with Crippen molar-refractivity contribution in [1.29, 1.82) is 0 Å². The normalized spacial score (nSPS) is 11.9. The van der Waals surface area contributed by atoms with Crippen molar-refractivity contribution in [3.05, 3.63) is 67.1 Å². The molecule has 0 unspecified atom stereocenters. The lowest BCUT2D eigenvalue weighted by Crippen LogP contribution is -2.18. The van der Waals surface area contributed by atoms with Crippen LogP contribution in [0.2, 0.25) is 0 Å². The largest absolute Gasteiger partial charge is 0.573 e. The number of benzene rings is 1. The second kappa shape index (κ2) is 10.2. The molecule has 190 valence electrons. The minimum Gasteiger partial charge on any atom is -0.406 e. The van der Waals surface area contributed by atoms with Gasteiger partial charge in [-0.15, -0.1) is 13.2 Å². The Balaban J connectivity index is 0.000000538. The van der Waals surface area contributed by atoms with Gasteiger partial charge < -0.3 is 4.74 Å². The molecule has 0 aliphatic heterocycles. The number of carbonyl (C=O) groups excluding carboxylic acids is 1. The summed E-state index contributed by atoms with van der Waals surface area (Å²) in [7, 11) is -4.24. The van der Waals surface area contributed by atoms with Crippen molar-refractivity contribution in [1.82, 2.24) is 19.6 Å². The number of fused-ring (bicyclic) bond motifs is 1. The van der Waals surface area contributed by atoms with Gasteiger partial charge in [0.2, 0.25) is 6.29 Å². The third-order valence-corrected chi connectivity index (χ3v) is 5.39. The van der Waals surface area contributed by atoms with E-state index in [9.17, 15) is 34.8 Å². The molecule has 9 nitrogen and oxygen atoms in total. The SMILES string of the molecule is O=CC(F)(F)F.O=S(=O)(Nc1ccnc2cc(-c3cccnc3)nn12)c1cccc(OC(F)(F)F)c1. The Labute approximate surface area is 198 Å². The van der Waals surface area contributed by atoms with Gasteiger partial charge in [-0.3, -0.25) is 14.5 Å².